The second kappa shape index (κ2) is 12.5. The monoisotopic (exact) mass is 648 g/mol. The zero-order valence-corrected chi connectivity index (χ0v) is 26.4. The minimum atomic E-state index is -0.965. The minimum absolute atomic E-state index is 0.0963. The van der Waals surface area contributed by atoms with Crippen LogP contribution in [0.3, 0.4) is 0 Å². The highest BCUT2D eigenvalue weighted by atomic mass is 16.5. The number of anilines is 2. The smallest absolute Gasteiger partial charge is 0.262 e. The summed E-state index contributed by atoms with van der Waals surface area (Å²) in [4.78, 5) is 62.7. The number of imide groups is 2. The Morgan fingerprint density at radius 2 is 1.77 bits per heavy atom. The molecule has 2 aromatic carbocycles. The van der Waals surface area contributed by atoms with Gasteiger partial charge in [0.25, 0.3) is 11.8 Å². The number of aromatic nitrogens is 4. The van der Waals surface area contributed by atoms with E-state index in [-0.39, 0.29) is 24.0 Å². The summed E-state index contributed by atoms with van der Waals surface area (Å²) in [5, 5.41) is 10.2. The van der Waals surface area contributed by atoms with Gasteiger partial charge in [0.2, 0.25) is 11.8 Å². The maximum Gasteiger partial charge on any atom is 0.262 e. The third-order valence-electron chi connectivity index (χ3n) is 9.94. The van der Waals surface area contributed by atoms with Crippen LogP contribution in [0.5, 0.6) is 0 Å². The van der Waals surface area contributed by atoms with Gasteiger partial charge in [-0.1, -0.05) is 0 Å². The molecule has 3 fully saturated rings. The Morgan fingerprint density at radius 3 is 2.60 bits per heavy atom. The van der Waals surface area contributed by atoms with Crippen LogP contribution in [-0.4, -0.2) is 87.2 Å². The standard InChI is InChI=1S/C35H36N8O5/c44-32-8-7-31(33(45)40-32)43-34(46)26-5-3-23(16-27(26)35(43)47)36-9-1-2-21-14-25(15-21)42-20-22(18-38-42)30-19-37-29-17-24(4-6-28(29)39-30)41-10-12-48-13-11-41/h3-6,16-21,25,31,36H,1-2,7-15H2,(H,40,44,45)/t21-,25-,31?. The summed E-state index contributed by atoms with van der Waals surface area (Å²) in [6, 6.07) is 10.7. The van der Waals surface area contributed by atoms with Gasteiger partial charge in [-0.2, -0.15) is 5.10 Å². The normalized spacial score (nSPS) is 22.5. The van der Waals surface area contributed by atoms with Gasteiger partial charge in [0.15, 0.2) is 0 Å². The first-order valence-electron chi connectivity index (χ1n) is 16.6. The molecule has 246 valence electrons. The third kappa shape index (κ3) is 5.68. The van der Waals surface area contributed by atoms with E-state index < -0.39 is 29.7 Å². The molecule has 0 bridgehead atoms. The Labute approximate surface area is 276 Å². The molecule has 4 aromatic rings. The lowest BCUT2D eigenvalue weighted by atomic mass is 9.77. The molecule has 13 heteroatoms. The van der Waals surface area contributed by atoms with Crippen molar-refractivity contribution in [3.63, 3.8) is 0 Å². The summed E-state index contributed by atoms with van der Waals surface area (Å²) in [6.07, 6.45) is 10.2. The van der Waals surface area contributed by atoms with Gasteiger partial charge < -0.3 is 15.0 Å². The van der Waals surface area contributed by atoms with Crippen molar-refractivity contribution in [2.45, 2.75) is 50.6 Å². The number of nitrogens with zero attached hydrogens (tertiary/aromatic N) is 6. The average Bonchev–Trinajstić information content (AvgIpc) is 3.66. The number of nitrogens with one attached hydrogen (secondary N) is 2. The summed E-state index contributed by atoms with van der Waals surface area (Å²) in [5.41, 5.74) is 5.98. The molecule has 8 rings (SSSR count). The van der Waals surface area contributed by atoms with E-state index in [0.717, 1.165) is 97.1 Å². The fraction of sp³-hybridized carbons (Fsp3) is 0.400. The molecule has 1 unspecified atom stereocenters. The number of carbonyl (C=O) groups is 4. The van der Waals surface area contributed by atoms with Gasteiger partial charge in [-0.15, -0.1) is 0 Å². The predicted octanol–water partition coefficient (Wildman–Crippen LogP) is 3.57. The molecular weight excluding hydrogens is 612 g/mol. The number of hydrogen-bond acceptors (Lipinski definition) is 10. The highest BCUT2D eigenvalue weighted by Gasteiger charge is 2.44. The van der Waals surface area contributed by atoms with E-state index in [9.17, 15) is 19.2 Å². The molecule has 2 saturated heterocycles. The molecule has 4 aliphatic rings. The van der Waals surface area contributed by atoms with Gasteiger partial charge in [-0.05, 0) is 74.4 Å². The largest absolute Gasteiger partial charge is 0.385 e. The van der Waals surface area contributed by atoms with E-state index in [0.29, 0.717) is 12.0 Å². The number of benzene rings is 2. The van der Waals surface area contributed by atoms with Crippen molar-refractivity contribution < 1.29 is 23.9 Å². The van der Waals surface area contributed by atoms with Crippen molar-refractivity contribution in [2.24, 2.45) is 5.92 Å². The molecule has 4 amide bonds. The molecule has 5 heterocycles. The lowest BCUT2D eigenvalue weighted by Crippen LogP contribution is -2.54. The van der Waals surface area contributed by atoms with Crippen LogP contribution in [0.15, 0.2) is 55.0 Å². The fourth-order valence-corrected chi connectivity index (χ4v) is 7.18. The Kier molecular flexibility index (Phi) is 7.83. The Morgan fingerprint density at radius 1 is 0.938 bits per heavy atom. The maximum absolute atomic E-state index is 13.1. The van der Waals surface area contributed by atoms with Gasteiger partial charge in [0.05, 0.1) is 59.5 Å². The molecule has 2 aromatic heterocycles. The molecule has 0 spiro atoms. The van der Waals surface area contributed by atoms with E-state index in [1.165, 1.54) is 0 Å². The number of amides is 4. The number of fused-ring (bicyclic) bond motifs is 2. The molecule has 1 aliphatic carbocycles. The molecule has 1 atom stereocenters. The van der Waals surface area contributed by atoms with Crippen LogP contribution in [-0.2, 0) is 14.3 Å². The molecular formula is C35H36N8O5. The summed E-state index contributed by atoms with van der Waals surface area (Å²) in [6.45, 7) is 3.99. The molecule has 1 saturated carbocycles. The van der Waals surface area contributed by atoms with E-state index in [1.54, 1.807) is 18.2 Å². The number of piperidine rings is 1. The first-order valence-corrected chi connectivity index (χ1v) is 16.6. The minimum Gasteiger partial charge on any atom is -0.385 e. The number of hydrogen-bond donors (Lipinski definition) is 2. The number of carbonyl (C=O) groups excluding carboxylic acids is 4. The first kappa shape index (κ1) is 30.2. The second-order valence-electron chi connectivity index (χ2n) is 13.0. The Bertz CT molecular complexity index is 1930. The van der Waals surface area contributed by atoms with Gasteiger partial charge in [-0.3, -0.25) is 39.1 Å². The van der Waals surface area contributed by atoms with Crippen molar-refractivity contribution in [3.8, 4) is 11.3 Å². The van der Waals surface area contributed by atoms with Crippen LogP contribution >= 0.6 is 0 Å². The first-order chi connectivity index (χ1) is 23.4. The van der Waals surface area contributed by atoms with Crippen LogP contribution in [0.2, 0.25) is 0 Å². The van der Waals surface area contributed by atoms with Gasteiger partial charge >= 0.3 is 0 Å². The van der Waals surface area contributed by atoms with E-state index in [4.69, 9.17) is 14.7 Å². The van der Waals surface area contributed by atoms with Crippen molar-refractivity contribution in [3.05, 3.63) is 66.1 Å². The molecule has 0 radical (unpaired) electrons. The second-order valence-corrected chi connectivity index (χ2v) is 13.0. The lowest BCUT2D eigenvalue weighted by molar-refractivity contribution is -0.136. The Hall–Kier alpha value is -5.17. The lowest BCUT2D eigenvalue weighted by Gasteiger charge is -2.35. The topological polar surface area (TPSA) is 152 Å². The van der Waals surface area contributed by atoms with E-state index in [2.05, 4.69) is 43.6 Å². The number of ether oxygens (including phenoxy) is 1. The maximum atomic E-state index is 13.1. The highest BCUT2D eigenvalue weighted by molar-refractivity contribution is 6.23. The summed E-state index contributed by atoms with van der Waals surface area (Å²) >= 11 is 0. The average molecular weight is 649 g/mol. The van der Waals surface area contributed by atoms with Crippen LogP contribution in [0.1, 0.15) is 65.3 Å². The third-order valence-corrected chi connectivity index (χ3v) is 9.94. The van der Waals surface area contributed by atoms with Crippen LogP contribution < -0.4 is 15.5 Å². The van der Waals surface area contributed by atoms with Gasteiger partial charge in [0.1, 0.15) is 6.04 Å². The van der Waals surface area contributed by atoms with Crippen LogP contribution in [0, 0.1) is 5.92 Å². The number of rotatable bonds is 9. The molecule has 3 aliphatic heterocycles. The predicted molar refractivity (Wildman–Crippen MR) is 176 cm³/mol. The number of morpholine rings is 1. The van der Waals surface area contributed by atoms with Crippen LogP contribution in [0.25, 0.3) is 22.3 Å². The quantitative estimate of drug-likeness (QED) is 0.204. The Balaban J connectivity index is 0.809. The van der Waals surface area contributed by atoms with Crippen LogP contribution in [0.4, 0.5) is 11.4 Å². The molecule has 13 nitrogen and oxygen atoms in total. The fourth-order valence-electron chi connectivity index (χ4n) is 7.18. The molecule has 48 heavy (non-hydrogen) atoms. The summed E-state index contributed by atoms with van der Waals surface area (Å²) < 4.78 is 7.53. The van der Waals surface area contributed by atoms with Crippen molar-refractivity contribution in [2.75, 3.05) is 43.1 Å². The van der Waals surface area contributed by atoms with Gasteiger partial charge in [0, 0.05) is 49.2 Å². The summed E-state index contributed by atoms with van der Waals surface area (Å²) in [5.74, 6) is -1.38. The zero-order chi connectivity index (χ0) is 32.8. The van der Waals surface area contributed by atoms with Crippen molar-refractivity contribution in [1.29, 1.82) is 0 Å². The zero-order valence-electron chi connectivity index (χ0n) is 26.4. The SMILES string of the molecule is O=C1CCC(N2C(=O)c3ccc(NCCC[C@H]4C[C@H](n5cc(-c6cnc7cc(N8CCOCC8)ccc7n6)cn5)C4)cc3C2=O)C(=O)N1. The summed E-state index contributed by atoms with van der Waals surface area (Å²) in [7, 11) is 0. The van der Waals surface area contributed by atoms with Crippen molar-refractivity contribution >= 4 is 46.0 Å². The van der Waals surface area contributed by atoms with Gasteiger partial charge in [-0.25, -0.2) is 4.98 Å². The highest BCUT2D eigenvalue weighted by Crippen LogP contribution is 2.40. The van der Waals surface area contributed by atoms with E-state index in [1.807, 2.05) is 18.5 Å². The van der Waals surface area contributed by atoms with Crippen molar-refractivity contribution in [1.82, 2.24) is 30.0 Å². The van der Waals surface area contributed by atoms with E-state index >= 15 is 0 Å². The molecule has 2 N–H and O–H groups in total.